The number of methoxy groups -OCH3 is 1. The number of amides is 1. The molecule has 2 heterocycles. The third-order valence-corrected chi connectivity index (χ3v) is 2.96. The van der Waals surface area contributed by atoms with E-state index in [1.165, 1.54) is 18.2 Å². The van der Waals surface area contributed by atoms with Crippen LogP contribution in [0.4, 0.5) is 4.79 Å². The van der Waals surface area contributed by atoms with Crippen LogP contribution in [-0.2, 0) is 0 Å². The molecule has 0 radical (unpaired) electrons. The molecule has 1 amide bonds. The highest BCUT2D eigenvalue weighted by atomic mass is 35.5. The molecule has 0 saturated carbocycles. The van der Waals surface area contributed by atoms with Gasteiger partial charge in [0.2, 0.25) is 5.88 Å². The normalized spacial score (nSPS) is 18.8. The van der Waals surface area contributed by atoms with E-state index in [1.54, 1.807) is 6.07 Å². The van der Waals surface area contributed by atoms with Crippen LogP contribution in [0.2, 0.25) is 5.02 Å². The lowest BCUT2D eigenvalue weighted by Crippen LogP contribution is -2.29. The number of carbonyl (C=O) groups is 1. The highest BCUT2D eigenvalue weighted by Crippen LogP contribution is 2.27. The van der Waals surface area contributed by atoms with E-state index in [1.807, 2.05) is 0 Å². The van der Waals surface area contributed by atoms with Gasteiger partial charge in [-0.15, -0.1) is 0 Å². The zero-order valence-electron chi connectivity index (χ0n) is 9.80. The Balaban J connectivity index is 1.98. The van der Waals surface area contributed by atoms with Crippen LogP contribution in [0.25, 0.3) is 0 Å². The maximum atomic E-state index is 10.8. The first-order chi connectivity index (χ1) is 8.60. The molecule has 0 aliphatic carbocycles. The van der Waals surface area contributed by atoms with Gasteiger partial charge in [0.15, 0.2) is 0 Å². The van der Waals surface area contributed by atoms with Gasteiger partial charge in [-0.2, -0.15) is 0 Å². The van der Waals surface area contributed by atoms with E-state index >= 15 is 0 Å². The van der Waals surface area contributed by atoms with Crippen molar-refractivity contribution in [1.29, 1.82) is 0 Å². The second-order valence-electron chi connectivity index (χ2n) is 3.92. The van der Waals surface area contributed by atoms with Crippen molar-refractivity contribution in [1.82, 2.24) is 9.88 Å². The molecule has 1 atom stereocenters. The molecule has 0 bridgehead atoms. The van der Waals surface area contributed by atoms with Gasteiger partial charge in [0.05, 0.1) is 19.9 Å². The number of carboxylic acid groups (broad SMARTS) is 1. The molecule has 1 aromatic rings. The Morgan fingerprint density at radius 3 is 3.00 bits per heavy atom. The third-order valence-electron chi connectivity index (χ3n) is 2.69. The Kier molecular flexibility index (Phi) is 3.76. The lowest BCUT2D eigenvalue weighted by molar-refractivity contribution is 0.145. The van der Waals surface area contributed by atoms with Gasteiger partial charge in [-0.05, 0) is 0 Å². The topological polar surface area (TPSA) is 71.9 Å². The van der Waals surface area contributed by atoms with E-state index < -0.39 is 6.09 Å². The molecule has 1 aliphatic rings. The second-order valence-corrected chi connectivity index (χ2v) is 4.33. The molecule has 1 fully saturated rings. The van der Waals surface area contributed by atoms with Crippen LogP contribution in [0.5, 0.6) is 11.6 Å². The largest absolute Gasteiger partial charge is 0.487 e. The molecule has 1 unspecified atom stereocenters. The van der Waals surface area contributed by atoms with Gasteiger partial charge in [-0.1, -0.05) is 11.6 Å². The summed E-state index contributed by atoms with van der Waals surface area (Å²) < 4.78 is 10.6. The van der Waals surface area contributed by atoms with Gasteiger partial charge in [0.1, 0.15) is 16.9 Å². The molecule has 1 aliphatic heterocycles. The number of hydrogen-bond acceptors (Lipinski definition) is 4. The van der Waals surface area contributed by atoms with Gasteiger partial charge in [-0.3, -0.25) is 0 Å². The number of likely N-dealkylation sites (tertiary alicyclic amines) is 1. The van der Waals surface area contributed by atoms with Crippen LogP contribution in [-0.4, -0.2) is 47.4 Å². The SMILES string of the molecule is COc1ncc(OC2CCN(C(=O)O)C2)cc1Cl. The standard InChI is InChI=1S/C11H13ClN2O4/c1-17-10-9(12)4-8(5-13-10)18-7-2-3-14(6-7)11(15)16/h4-5,7H,2-3,6H2,1H3,(H,15,16). The van der Waals surface area contributed by atoms with Crippen LogP contribution in [0.1, 0.15) is 6.42 Å². The first-order valence-electron chi connectivity index (χ1n) is 5.44. The van der Waals surface area contributed by atoms with Gasteiger partial charge in [0.25, 0.3) is 0 Å². The molecular formula is C11H13ClN2O4. The van der Waals surface area contributed by atoms with E-state index in [-0.39, 0.29) is 6.10 Å². The van der Waals surface area contributed by atoms with Crippen molar-refractivity contribution in [2.75, 3.05) is 20.2 Å². The summed E-state index contributed by atoms with van der Waals surface area (Å²) in [6, 6.07) is 1.61. The van der Waals surface area contributed by atoms with Crippen LogP contribution >= 0.6 is 11.6 Å². The Hall–Kier alpha value is -1.69. The Morgan fingerprint density at radius 2 is 2.44 bits per heavy atom. The Bertz CT molecular complexity index is 455. The van der Waals surface area contributed by atoms with Crippen molar-refractivity contribution in [2.45, 2.75) is 12.5 Å². The van der Waals surface area contributed by atoms with Crippen molar-refractivity contribution < 1.29 is 19.4 Å². The smallest absolute Gasteiger partial charge is 0.407 e. The molecule has 18 heavy (non-hydrogen) atoms. The quantitative estimate of drug-likeness (QED) is 0.909. The fraction of sp³-hybridized carbons (Fsp3) is 0.455. The average Bonchev–Trinajstić information content (AvgIpc) is 2.78. The highest BCUT2D eigenvalue weighted by Gasteiger charge is 2.27. The number of aromatic nitrogens is 1. The number of pyridine rings is 1. The fourth-order valence-electron chi connectivity index (χ4n) is 1.81. The monoisotopic (exact) mass is 272 g/mol. The Morgan fingerprint density at radius 1 is 1.67 bits per heavy atom. The van der Waals surface area contributed by atoms with Crippen LogP contribution < -0.4 is 9.47 Å². The minimum Gasteiger partial charge on any atom is -0.487 e. The average molecular weight is 273 g/mol. The maximum absolute atomic E-state index is 10.8. The summed E-state index contributed by atoms with van der Waals surface area (Å²) in [7, 11) is 1.48. The number of ether oxygens (including phenoxy) is 2. The predicted octanol–water partition coefficient (Wildman–Crippen LogP) is 1.87. The summed E-state index contributed by atoms with van der Waals surface area (Å²) >= 11 is 5.92. The van der Waals surface area contributed by atoms with Crippen LogP contribution in [0.3, 0.4) is 0 Å². The molecule has 0 spiro atoms. The van der Waals surface area contributed by atoms with Crippen molar-refractivity contribution in [3.05, 3.63) is 17.3 Å². The number of hydrogen-bond donors (Lipinski definition) is 1. The number of rotatable bonds is 3. The van der Waals surface area contributed by atoms with Crippen molar-refractivity contribution in [2.24, 2.45) is 0 Å². The van der Waals surface area contributed by atoms with E-state index in [0.717, 1.165) is 0 Å². The summed E-state index contributed by atoms with van der Waals surface area (Å²) in [5.74, 6) is 0.848. The van der Waals surface area contributed by atoms with Crippen LogP contribution in [0, 0.1) is 0 Å². The summed E-state index contributed by atoms with van der Waals surface area (Å²) in [5, 5.41) is 9.19. The number of halogens is 1. The molecule has 2 rings (SSSR count). The first-order valence-corrected chi connectivity index (χ1v) is 5.82. The summed E-state index contributed by atoms with van der Waals surface area (Å²) in [6.07, 6.45) is 1.09. The van der Waals surface area contributed by atoms with Crippen molar-refractivity contribution in [3.8, 4) is 11.6 Å². The summed E-state index contributed by atoms with van der Waals surface area (Å²) in [4.78, 5) is 16.1. The van der Waals surface area contributed by atoms with Gasteiger partial charge in [-0.25, -0.2) is 9.78 Å². The van der Waals surface area contributed by atoms with E-state index in [9.17, 15) is 4.79 Å². The second kappa shape index (κ2) is 5.30. The minimum atomic E-state index is -0.924. The minimum absolute atomic E-state index is 0.160. The number of nitrogens with zero attached hydrogens (tertiary/aromatic N) is 2. The van der Waals surface area contributed by atoms with E-state index in [2.05, 4.69) is 4.98 Å². The lowest BCUT2D eigenvalue weighted by atomic mass is 10.3. The van der Waals surface area contributed by atoms with E-state index in [4.69, 9.17) is 26.2 Å². The van der Waals surface area contributed by atoms with Gasteiger partial charge < -0.3 is 19.5 Å². The molecule has 1 saturated heterocycles. The summed E-state index contributed by atoms with van der Waals surface area (Å²) in [6.45, 7) is 0.844. The molecular weight excluding hydrogens is 260 g/mol. The highest BCUT2D eigenvalue weighted by molar-refractivity contribution is 6.31. The van der Waals surface area contributed by atoms with Crippen molar-refractivity contribution >= 4 is 17.7 Å². The zero-order chi connectivity index (χ0) is 13.1. The predicted molar refractivity (Wildman–Crippen MR) is 64.4 cm³/mol. The fourth-order valence-corrected chi connectivity index (χ4v) is 2.05. The molecule has 98 valence electrons. The third kappa shape index (κ3) is 2.76. The van der Waals surface area contributed by atoms with Gasteiger partial charge >= 0.3 is 6.09 Å². The molecule has 7 heteroatoms. The zero-order valence-corrected chi connectivity index (χ0v) is 10.6. The van der Waals surface area contributed by atoms with Gasteiger partial charge in [0, 0.05) is 19.0 Å². The summed E-state index contributed by atoms with van der Waals surface area (Å²) in [5.41, 5.74) is 0. The molecule has 1 N–H and O–H groups in total. The lowest BCUT2D eigenvalue weighted by Gasteiger charge is -2.14. The molecule has 1 aromatic heterocycles. The molecule has 6 nitrogen and oxygen atoms in total. The molecule has 0 aromatic carbocycles. The van der Waals surface area contributed by atoms with E-state index in [0.29, 0.717) is 36.2 Å². The maximum Gasteiger partial charge on any atom is 0.407 e. The van der Waals surface area contributed by atoms with Crippen molar-refractivity contribution in [3.63, 3.8) is 0 Å². The Labute approximate surface area is 109 Å². The van der Waals surface area contributed by atoms with Crippen LogP contribution in [0.15, 0.2) is 12.3 Å². The first kappa shape index (κ1) is 12.8.